The molecule has 0 aliphatic carbocycles. The van der Waals surface area contributed by atoms with E-state index in [1.54, 1.807) is 0 Å². The molecule has 0 amide bonds. The van der Waals surface area contributed by atoms with Gasteiger partial charge in [-0.15, -0.1) is 0 Å². The summed E-state index contributed by atoms with van der Waals surface area (Å²) >= 11 is 0. The molecular weight excluding hydrogens is 765 g/mol. The lowest BCUT2D eigenvalue weighted by molar-refractivity contribution is -0.301. The fourth-order valence-corrected chi connectivity index (χ4v) is 6.85. The van der Waals surface area contributed by atoms with Crippen LogP contribution in [-0.4, -0.2) is 97.5 Å². The predicted octanol–water partition coefficient (Wildman–Crippen LogP) is 8.96. The van der Waals surface area contributed by atoms with Crippen molar-refractivity contribution in [2.24, 2.45) is 0 Å². The molecular formula is C45H78O12S. The van der Waals surface area contributed by atoms with Gasteiger partial charge in [0.1, 0.15) is 30.5 Å². The van der Waals surface area contributed by atoms with Crippen molar-refractivity contribution in [1.82, 2.24) is 0 Å². The van der Waals surface area contributed by atoms with Crippen molar-refractivity contribution in [3.63, 3.8) is 0 Å². The van der Waals surface area contributed by atoms with Gasteiger partial charge in [0.15, 0.2) is 6.29 Å². The zero-order chi connectivity index (χ0) is 42.5. The van der Waals surface area contributed by atoms with Crippen LogP contribution in [0.25, 0.3) is 0 Å². The maximum Gasteiger partial charge on any atom is 0.397 e. The number of aliphatic hydroxyl groups excluding tert-OH is 3. The van der Waals surface area contributed by atoms with E-state index in [-0.39, 0.29) is 19.6 Å². The van der Waals surface area contributed by atoms with E-state index in [0.29, 0.717) is 13.0 Å². The molecule has 0 spiro atoms. The third-order valence-corrected chi connectivity index (χ3v) is 10.1. The molecule has 1 aliphatic rings. The van der Waals surface area contributed by atoms with Gasteiger partial charge in [-0.3, -0.25) is 9.35 Å². The van der Waals surface area contributed by atoms with Gasteiger partial charge in [0.05, 0.1) is 19.8 Å². The molecule has 0 radical (unpaired) electrons. The molecule has 0 bridgehead atoms. The molecule has 0 aromatic rings. The Kier molecular flexibility index (Phi) is 34.0. The average Bonchev–Trinajstić information content (AvgIpc) is 3.19. The van der Waals surface area contributed by atoms with Crippen molar-refractivity contribution in [2.75, 3.05) is 26.4 Å². The van der Waals surface area contributed by atoms with Crippen LogP contribution in [0.3, 0.4) is 0 Å². The Labute approximate surface area is 350 Å². The number of allylic oxidation sites excluding steroid dienone is 10. The molecule has 6 atom stereocenters. The van der Waals surface area contributed by atoms with Gasteiger partial charge < -0.3 is 34.3 Å². The molecule has 0 saturated carbocycles. The Hall–Kier alpha value is -2.20. The van der Waals surface area contributed by atoms with Crippen molar-refractivity contribution in [3.8, 4) is 0 Å². The number of rotatable bonds is 37. The molecule has 1 aliphatic heterocycles. The third-order valence-electron chi connectivity index (χ3n) is 9.65. The molecule has 1 rings (SSSR count). The number of unbranched alkanes of at least 4 members (excludes halogenated alkanes) is 14. The SMILES string of the molecule is CC/C=C\C/C=C\C/C=C\C/C=C\C/C=C\CCCCCCCCOCC(COC1OC(CO)C(O)C(OS(=O)(=O)O)C1O)OC(=O)CCCCCCCCCCC. The number of carbonyl (C=O) groups excluding carboxylic acids is 1. The largest absolute Gasteiger partial charge is 0.457 e. The van der Waals surface area contributed by atoms with Crippen LogP contribution in [0, 0.1) is 0 Å². The maximum atomic E-state index is 12.8. The van der Waals surface area contributed by atoms with Gasteiger partial charge in [-0.1, -0.05) is 152 Å². The molecule has 6 unspecified atom stereocenters. The average molecular weight is 843 g/mol. The summed E-state index contributed by atoms with van der Waals surface area (Å²) in [5.41, 5.74) is 0. The van der Waals surface area contributed by atoms with Crippen LogP contribution < -0.4 is 0 Å². The normalized spacial score (nSPS) is 21.1. The lowest BCUT2D eigenvalue weighted by Gasteiger charge is -2.41. The van der Waals surface area contributed by atoms with E-state index in [2.05, 4.69) is 78.8 Å². The van der Waals surface area contributed by atoms with Gasteiger partial charge in [0, 0.05) is 13.0 Å². The monoisotopic (exact) mass is 843 g/mol. The molecule has 1 heterocycles. The lowest BCUT2D eigenvalue weighted by Crippen LogP contribution is -2.60. The topological polar surface area (TPSA) is 178 Å². The van der Waals surface area contributed by atoms with E-state index < -0.39 is 59.8 Å². The molecule has 4 N–H and O–H groups in total. The van der Waals surface area contributed by atoms with Crippen LogP contribution >= 0.6 is 0 Å². The molecule has 0 aromatic heterocycles. The highest BCUT2D eigenvalue weighted by atomic mass is 32.3. The van der Waals surface area contributed by atoms with E-state index in [1.165, 1.54) is 38.5 Å². The van der Waals surface area contributed by atoms with Gasteiger partial charge in [0.25, 0.3) is 0 Å². The zero-order valence-corrected chi connectivity index (χ0v) is 36.4. The Bertz CT molecular complexity index is 1250. The van der Waals surface area contributed by atoms with E-state index in [4.69, 9.17) is 23.5 Å². The summed E-state index contributed by atoms with van der Waals surface area (Å²) < 4.78 is 58.9. The molecule has 1 saturated heterocycles. The van der Waals surface area contributed by atoms with E-state index in [9.17, 15) is 28.5 Å². The summed E-state index contributed by atoms with van der Waals surface area (Å²) in [7, 11) is -5.06. The second-order valence-corrected chi connectivity index (χ2v) is 16.0. The summed E-state index contributed by atoms with van der Waals surface area (Å²) in [5, 5.41) is 30.6. The van der Waals surface area contributed by atoms with Crippen LogP contribution in [0.5, 0.6) is 0 Å². The second-order valence-electron chi connectivity index (χ2n) is 14.9. The third kappa shape index (κ3) is 29.9. The van der Waals surface area contributed by atoms with Crippen molar-refractivity contribution in [1.29, 1.82) is 0 Å². The first-order valence-corrected chi connectivity index (χ1v) is 23.4. The van der Waals surface area contributed by atoms with E-state index >= 15 is 0 Å². The fourth-order valence-electron chi connectivity index (χ4n) is 6.34. The zero-order valence-electron chi connectivity index (χ0n) is 35.6. The number of esters is 1. The number of hydrogen-bond donors (Lipinski definition) is 4. The number of hydrogen-bond acceptors (Lipinski definition) is 11. The second kappa shape index (κ2) is 36.6. The van der Waals surface area contributed by atoms with Gasteiger partial charge in [-0.05, 0) is 57.8 Å². The summed E-state index contributed by atoms with van der Waals surface area (Å²) in [6.45, 7) is 3.79. The molecule has 13 heteroatoms. The van der Waals surface area contributed by atoms with Crippen LogP contribution in [0.4, 0.5) is 0 Å². The first kappa shape index (κ1) is 53.8. The molecule has 58 heavy (non-hydrogen) atoms. The Morgan fingerprint density at radius 1 is 0.672 bits per heavy atom. The standard InChI is InChI=1S/C45H78O12S/c1-3-5-7-9-11-13-14-15-16-17-18-19-20-21-22-23-24-25-27-29-31-33-35-53-37-39(55-41(47)34-32-30-28-26-12-10-8-6-4-2)38-54-45-43(49)44(57-58(50,51)52)42(48)40(36-46)56-45/h5,7,11,13,15-16,18-19,21-22,39-40,42-46,48-49H,3-4,6,8-10,12,14,17,20,23-38H2,1-2H3,(H,50,51,52)/b7-5-,13-11-,16-15-,19-18-,22-21-. The van der Waals surface area contributed by atoms with Gasteiger partial charge >= 0.3 is 16.4 Å². The summed E-state index contributed by atoms with van der Waals surface area (Å²) in [6, 6.07) is 0. The maximum absolute atomic E-state index is 12.8. The predicted molar refractivity (Wildman–Crippen MR) is 229 cm³/mol. The van der Waals surface area contributed by atoms with Crippen molar-refractivity contribution in [3.05, 3.63) is 60.8 Å². The lowest BCUT2D eigenvalue weighted by atomic mass is 9.99. The fraction of sp³-hybridized carbons (Fsp3) is 0.756. The van der Waals surface area contributed by atoms with Crippen molar-refractivity contribution >= 4 is 16.4 Å². The van der Waals surface area contributed by atoms with Crippen LogP contribution in [0.1, 0.15) is 155 Å². The summed E-state index contributed by atoms with van der Waals surface area (Å²) in [6.07, 6.45) is 35.5. The minimum Gasteiger partial charge on any atom is -0.457 e. The highest BCUT2D eigenvalue weighted by Gasteiger charge is 2.48. The summed E-state index contributed by atoms with van der Waals surface area (Å²) in [5.74, 6) is -0.411. The Balaban J connectivity index is 2.39. The van der Waals surface area contributed by atoms with Crippen molar-refractivity contribution < 1.29 is 56.2 Å². The number of carbonyl (C=O) groups is 1. The smallest absolute Gasteiger partial charge is 0.397 e. The molecule has 336 valence electrons. The number of aliphatic hydroxyl groups is 3. The van der Waals surface area contributed by atoms with Crippen LogP contribution in [-0.2, 0) is 38.3 Å². The quantitative estimate of drug-likeness (QED) is 0.0202. The van der Waals surface area contributed by atoms with Gasteiger partial charge in [-0.25, -0.2) is 4.18 Å². The number of ether oxygens (including phenoxy) is 4. The molecule has 12 nitrogen and oxygen atoms in total. The molecule has 0 aromatic carbocycles. The highest BCUT2D eigenvalue weighted by Crippen LogP contribution is 2.26. The van der Waals surface area contributed by atoms with E-state index in [1.807, 2.05) is 0 Å². The van der Waals surface area contributed by atoms with Gasteiger partial charge in [0.2, 0.25) is 0 Å². The van der Waals surface area contributed by atoms with Crippen molar-refractivity contribution in [2.45, 2.75) is 192 Å². The summed E-state index contributed by atoms with van der Waals surface area (Å²) in [4.78, 5) is 12.8. The molecule has 1 fully saturated rings. The first-order chi connectivity index (χ1) is 28.1. The van der Waals surface area contributed by atoms with E-state index in [0.717, 1.165) is 89.9 Å². The van der Waals surface area contributed by atoms with Gasteiger partial charge in [-0.2, -0.15) is 8.42 Å². The van der Waals surface area contributed by atoms with Crippen LogP contribution in [0.15, 0.2) is 60.8 Å². The Morgan fingerprint density at radius 3 is 1.74 bits per heavy atom. The Morgan fingerprint density at radius 2 is 1.19 bits per heavy atom. The first-order valence-electron chi connectivity index (χ1n) is 22.0. The van der Waals surface area contributed by atoms with Crippen LogP contribution in [0.2, 0.25) is 0 Å². The minimum absolute atomic E-state index is 0.0244. The highest BCUT2D eigenvalue weighted by molar-refractivity contribution is 7.80. The minimum atomic E-state index is -5.06.